The molecule has 1 saturated carbocycles. The zero-order chi connectivity index (χ0) is 17.4. The molecule has 6 heteroatoms. The van der Waals surface area contributed by atoms with Crippen LogP contribution in [-0.2, 0) is 14.4 Å². The number of fused-ring (bicyclic) bond motifs is 1. The highest BCUT2D eigenvalue weighted by atomic mass is 79.9. The molecule has 2 atom stereocenters. The molecule has 0 bridgehead atoms. The smallest absolute Gasteiger partial charge is 0.246 e. The number of halogens is 1. The van der Waals surface area contributed by atoms with Crippen molar-refractivity contribution in [3.8, 4) is 0 Å². The molecule has 128 valence electrons. The summed E-state index contributed by atoms with van der Waals surface area (Å²) < 4.78 is 0.943. The lowest BCUT2D eigenvalue weighted by molar-refractivity contribution is -0.143. The van der Waals surface area contributed by atoms with Crippen molar-refractivity contribution in [2.75, 3.05) is 18.5 Å². The predicted octanol–water partition coefficient (Wildman–Crippen LogP) is 2.90. The van der Waals surface area contributed by atoms with E-state index in [2.05, 4.69) is 15.9 Å². The van der Waals surface area contributed by atoms with Crippen molar-refractivity contribution in [2.45, 2.75) is 32.6 Å². The Morgan fingerprint density at radius 3 is 2.33 bits per heavy atom. The second kappa shape index (κ2) is 6.67. The second-order valence-electron chi connectivity index (χ2n) is 6.64. The van der Waals surface area contributed by atoms with Gasteiger partial charge in [0.1, 0.15) is 6.54 Å². The van der Waals surface area contributed by atoms with Crippen LogP contribution in [0.5, 0.6) is 0 Å². The third-order valence-corrected chi connectivity index (χ3v) is 5.61. The maximum absolute atomic E-state index is 12.6. The quantitative estimate of drug-likeness (QED) is 0.743. The number of nitrogens with zero attached hydrogens (tertiary/aromatic N) is 2. The lowest BCUT2D eigenvalue weighted by atomic mass is 9.81. The Hall–Kier alpha value is -1.69. The average molecular weight is 393 g/mol. The highest BCUT2D eigenvalue weighted by Gasteiger charge is 2.48. The molecule has 1 saturated heterocycles. The van der Waals surface area contributed by atoms with Gasteiger partial charge in [-0.2, -0.15) is 0 Å². The normalized spacial score (nSPS) is 23.4. The van der Waals surface area contributed by atoms with Crippen LogP contribution in [0.2, 0.25) is 0 Å². The molecule has 1 aliphatic heterocycles. The zero-order valence-electron chi connectivity index (χ0n) is 13.9. The maximum atomic E-state index is 12.6. The molecule has 3 amide bonds. The summed E-state index contributed by atoms with van der Waals surface area (Å²) in [5, 5.41) is 0. The third kappa shape index (κ3) is 2.99. The summed E-state index contributed by atoms with van der Waals surface area (Å²) in [7, 11) is 1.68. The molecule has 2 fully saturated rings. The molecule has 2 aliphatic rings. The fraction of sp³-hybridized carbons (Fsp3) is 0.500. The van der Waals surface area contributed by atoms with Crippen LogP contribution >= 0.6 is 15.9 Å². The van der Waals surface area contributed by atoms with Crippen molar-refractivity contribution in [3.05, 3.63) is 28.2 Å². The monoisotopic (exact) mass is 392 g/mol. The van der Waals surface area contributed by atoms with Crippen LogP contribution in [0, 0.1) is 18.8 Å². The number of likely N-dealkylation sites (tertiary alicyclic amines) is 1. The molecule has 1 aromatic carbocycles. The minimum atomic E-state index is -0.249. The summed E-state index contributed by atoms with van der Waals surface area (Å²) in [6.45, 7) is 1.75. The van der Waals surface area contributed by atoms with Crippen LogP contribution in [0.4, 0.5) is 5.69 Å². The van der Waals surface area contributed by atoms with Crippen LogP contribution < -0.4 is 4.90 Å². The number of hydrogen-bond acceptors (Lipinski definition) is 3. The van der Waals surface area contributed by atoms with Gasteiger partial charge < -0.3 is 4.90 Å². The largest absolute Gasteiger partial charge is 0.314 e. The fourth-order valence-corrected chi connectivity index (χ4v) is 4.23. The number of imide groups is 1. The molecule has 1 aromatic rings. The molecule has 2 unspecified atom stereocenters. The van der Waals surface area contributed by atoms with Gasteiger partial charge in [0.25, 0.3) is 0 Å². The van der Waals surface area contributed by atoms with E-state index in [1.54, 1.807) is 7.05 Å². The minimum Gasteiger partial charge on any atom is -0.314 e. The Balaban J connectivity index is 1.74. The van der Waals surface area contributed by atoms with Gasteiger partial charge in [0.05, 0.1) is 11.8 Å². The van der Waals surface area contributed by atoms with Crippen LogP contribution in [0.25, 0.3) is 0 Å². The summed E-state index contributed by atoms with van der Waals surface area (Å²) >= 11 is 3.40. The van der Waals surface area contributed by atoms with Crippen molar-refractivity contribution in [2.24, 2.45) is 11.8 Å². The van der Waals surface area contributed by atoms with E-state index in [1.807, 2.05) is 25.1 Å². The molecule has 0 radical (unpaired) electrons. The van der Waals surface area contributed by atoms with E-state index in [0.717, 1.165) is 41.4 Å². The number of aryl methyl sites for hydroxylation is 1. The Kier molecular flexibility index (Phi) is 4.76. The number of hydrogen-bond donors (Lipinski definition) is 0. The first-order chi connectivity index (χ1) is 11.4. The van der Waals surface area contributed by atoms with Crippen molar-refractivity contribution in [3.63, 3.8) is 0 Å². The topological polar surface area (TPSA) is 57.7 Å². The van der Waals surface area contributed by atoms with E-state index in [9.17, 15) is 14.4 Å². The lowest BCUT2D eigenvalue weighted by Crippen LogP contribution is -2.42. The number of rotatable bonds is 3. The summed E-state index contributed by atoms with van der Waals surface area (Å²) in [5.41, 5.74) is 1.73. The number of anilines is 1. The van der Waals surface area contributed by atoms with Gasteiger partial charge in [0.15, 0.2) is 0 Å². The highest BCUT2D eigenvalue weighted by Crippen LogP contribution is 2.38. The van der Waals surface area contributed by atoms with E-state index in [-0.39, 0.29) is 36.1 Å². The van der Waals surface area contributed by atoms with Gasteiger partial charge in [0.2, 0.25) is 17.7 Å². The van der Waals surface area contributed by atoms with Gasteiger partial charge in [-0.25, -0.2) is 0 Å². The van der Waals surface area contributed by atoms with Crippen molar-refractivity contribution in [1.29, 1.82) is 0 Å². The molecular formula is C18H21BrN2O3. The molecule has 24 heavy (non-hydrogen) atoms. The third-order valence-electron chi connectivity index (χ3n) is 5.12. The predicted molar refractivity (Wildman–Crippen MR) is 94.5 cm³/mol. The Labute approximate surface area is 150 Å². The standard InChI is InChI=1S/C18H21BrN2O3/c1-11-9-12(19)7-8-15(11)20(2)16(22)10-21-17(23)13-5-3-4-6-14(13)18(21)24/h7-9,13-14H,3-6,10H2,1-2H3. The maximum Gasteiger partial charge on any atom is 0.246 e. The Morgan fingerprint density at radius 2 is 1.79 bits per heavy atom. The van der Waals surface area contributed by atoms with Gasteiger partial charge >= 0.3 is 0 Å². The molecule has 5 nitrogen and oxygen atoms in total. The minimum absolute atomic E-state index is 0.168. The van der Waals surface area contributed by atoms with E-state index >= 15 is 0 Å². The van der Waals surface area contributed by atoms with E-state index in [0.29, 0.717) is 0 Å². The van der Waals surface area contributed by atoms with E-state index < -0.39 is 0 Å². The van der Waals surface area contributed by atoms with Crippen LogP contribution in [-0.4, -0.2) is 36.2 Å². The zero-order valence-corrected chi connectivity index (χ0v) is 15.5. The van der Waals surface area contributed by atoms with Crippen molar-refractivity contribution < 1.29 is 14.4 Å². The van der Waals surface area contributed by atoms with Crippen LogP contribution in [0.15, 0.2) is 22.7 Å². The molecule has 0 spiro atoms. The molecule has 0 aromatic heterocycles. The fourth-order valence-electron chi connectivity index (χ4n) is 3.76. The summed E-state index contributed by atoms with van der Waals surface area (Å²) in [4.78, 5) is 40.3. The molecule has 0 N–H and O–H groups in total. The first-order valence-corrected chi connectivity index (χ1v) is 9.07. The van der Waals surface area contributed by atoms with Gasteiger partial charge in [0, 0.05) is 17.2 Å². The van der Waals surface area contributed by atoms with E-state index in [4.69, 9.17) is 0 Å². The van der Waals surface area contributed by atoms with Crippen LogP contribution in [0.1, 0.15) is 31.2 Å². The highest BCUT2D eigenvalue weighted by molar-refractivity contribution is 9.10. The van der Waals surface area contributed by atoms with Crippen LogP contribution in [0.3, 0.4) is 0 Å². The molecule has 1 aliphatic carbocycles. The molecule has 1 heterocycles. The second-order valence-corrected chi connectivity index (χ2v) is 7.56. The van der Waals surface area contributed by atoms with Gasteiger partial charge in [-0.1, -0.05) is 28.8 Å². The average Bonchev–Trinajstić information content (AvgIpc) is 2.80. The number of likely N-dealkylation sites (N-methyl/N-ethyl adjacent to an activating group) is 1. The number of carbonyl (C=O) groups excluding carboxylic acids is 3. The first kappa shape index (κ1) is 17.1. The SMILES string of the molecule is Cc1cc(Br)ccc1N(C)C(=O)CN1C(=O)C2CCCCC2C1=O. The van der Waals surface area contributed by atoms with Crippen molar-refractivity contribution >= 4 is 39.3 Å². The summed E-state index contributed by atoms with van der Waals surface area (Å²) in [5.74, 6) is -1.00. The Bertz CT molecular complexity index is 680. The summed E-state index contributed by atoms with van der Waals surface area (Å²) in [6.07, 6.45) is 3.50. The van der Waals surface area contributed by atoms with Gasteiger partial charge in [-0.05, 0) is 43.5 Å². The van der Waals surface area contributed by atoms with Crippen molar-refractivity contribution in [1.82, 2.24) is 4.90 Å². The Morgan fingerprint density at radius 1 is 1.21 bits per heavy atom. The number of carbonyl (C=O) groups is 3. The first-order valence-electron chi connectivity index (χ1n) is 8.28. The number of amides is 3. The lowest BCUT2D eigenvalue weighted by Gasteiger charge is -2.22. The molecule has 3 rings (SSSR count). The molecular weight excluding hydrogens is 372 g/mol. The van der Waals surface area contributed by atoms with Gasteiger partial charge in [-0.15, -0.1) is 0 Å². The van der Waals surface area contributed by atoms with Gasteiger partial charge in [-0.3, -0.25) is 19.3 Å². The number of benzene rings is 1. The summed E-state index contributed by atoms with van der Waals surface area (Å²) in [6, 6.07) is 5.65. The van der Waals surface area contributed by atoms with E-state index in [1.165, 1.54) is 9.80 Å².